The summed E-state index contributed by atoms with van der Waals surface area (Å²) in [5, 5.41) is 7.34. The van der Waals surface area contributed by atoms with Gasteiger partial charge in [-0.25, -0.2) is 13.8 Å². The van der Waals surface area contributed by atoms with Crippen LogP contribution in [0.3, 0.4) is 0 Å². The molecule has 164 valence electrons. The molecule has 1 amide bonds. The highest BCUT2D eigenvalue weighted by Crippen LogP contribution is 2.34. The lowest BCUT2D eigenvalue weighted by Gasteiger charge is -2.17. The second kappa shape index (κ2) is 8.65. The Morgan fingerprint density at radius 3 is 2.97 bits per heavy atom. The number of ether oxygens (including phenoxy) is 1. The first-order valence-electron chi connectivity index (χ1n) is 9.55. The van der Waals surface area contributed by atoms with Gasteiger partial charge in [-0.2, -0.15) is 5.10 Å². The van der Waals surface area contributed by atoms with E-state index in [1.807, 2.05) is 0 Å². The smallest absolute Gasteiger partial charge is 0.277 e. The molecular weight excluding hydrogens is 428 g/mol. The summed E-state index contributed by atoms with van der Waals surface area (Å²) in [6.07, 6.45) is 3.15. The van der Waals surface area contributed by atoms with E-state index in [1.165, 1.54) is 18.5 Å². The van der Waals surface area contributed by atoms with Crippen LogP contribution in [-0.4, -0.2) is 44.5 Å². The van der Waals surface area contributed by atoms with Gasteiger partial charge in [-0.3, -0.25) is 14.5 Å². The number of rotatable bonds is 4. The molecule has 0 aliphatic carbocycles. The third kappa shape index (κ3) is 4.27. The van der Waals surface area contributed by atoms with Crippen molar-refractivity contribution in [2.24, 2.45) is 12.8 Å². The Morgan fingerprint density at radius 1 is 1.39 bits per heavy atom. The molecule has 1 aliphatic heterocycles. The first kappa shape index (κ1) is 21.3. The van der Waals surface area contributed by atoms with Crippen molar-refractivity contribution in [3.05, 3.63) is 41.9 Å². The first-order chi connectivity index (χ1) is 14.8. The van der Waals surface area contributed by atoms with Crippen LogP contribution in [0.25, 0.3) is 10.6 Å². The number of nitrogens with zero attached hydrogens (tertiary/aromatic N) is 4. The molecule has 0 radical (unpaired) electrons. The molecule has 5 N–H and O–H groups in total. The molecule has 0 bridgehead atoms. The Morgan fingerprint density at radius 2 is 2.19 bits per heavy atom. The highest BCUT2D eigenvalue weighted by atomic mass is 32.1. The lowest BCUT2D eigenvalue weighted by atomic mass is 10.0. The van der Waals surface area contributed by atoms with Crippen LogP contribution in [-0.2, 0) is 11.8 Å². The van der Waals surface area contributed by atoms with Crippen molar-refractivity contribution in [2.75, 3.05) is 17.7 Å². The van der Waals surface area contributed by atoms with Crippen molar-refractivity contribution in [2.45, 2.75) is 31.2 Å². The van der Waals surface area contributed by atoms with E-state index in [0.717, 1.165) is 17.5 Å². The molecule has 12 heteroatoms. The minimum absolute atomic E-state index is 0.0290. The van der Waals surface area contributed by atoms with Crippen molar-refractivity contribution < 1.29 is 18.3 Å². The zero-order valence-corrected chi connectivity index (χ0v) is 17.4. The van der Waals surface area contributed by atoms with Crippen LogP contribution in [0.15, 0.2) is 24.7 Å². The lowest BCUT2D eigenvalue weighted by Crippen LogP contribution is -2.32. The monoisotopic (exact) mass is 449 g/mol. The highest BCUT2D eigenvalue weighted by molar-refractivity contribution is 7.19. The molecule has 0 spiro atoms. The molecule has 9 nitrogen and oxygen atoms in total. The third-order valence-electron chi connectivity index (χ3n) is 5.09. The van der Waals surface area contributed by atoms with Crippen LogP contribution in [0.4, 0.5) is 19.5 Å². The summed E-state index contributed by atoms with van der Waals surface area (Å²) in [6.45, 7) is -0.135. The number of nitrogens with two attached hydrogens (primary N) is 2. The lowest BCUT2D eigenvalue weighted by molar-refractivity contribution is 0.0247. The average molecular weight is 449 g/mol. The molecule has 1 fully saturated rings. The maximum absolute atomic E-state index is 14.0. The predicted molar refractivity (Wildman–Crippen MR) is 112 cm³/mol. The number of pyridine rings is 1. The van der Waals surface area contributed by atoms with Gasteiger partial charge in [0, 0.05) is 24.8 Å². The summed E-state index contributed by atoms with van der Waals surface area (Å²) in [6, 6.07) is 0.860. The van der Waals surface area contributed by atoms with Gasteiger partial charge in [0.05, 0.1) is 30.4 Å². The summed E-state index contributed by atoms with van der Waals surface area (Å²) in [5.74, 6) is -1.13. The molecular formula is C19H21F2N7O2S. The van der Waals surface area contributed by atoms with E-state index >= 15 is 0 Å². The van der Waals surface area contributed by atoms with Gasteiger partial charge in [0.15, 0.2) is 11.5 Å². The number of carbonyl (C=O) groups excluding carboxylic acids is 1. The van der Waals surface area contributed by atoms with Crippen molar-refractivity contribution in [1.82, 2.24) is 19.7 Å². The second-order valence-electron chi connectivity index (χ2n) is 7.19. The van der Waals surface area contributed by atoms with E-state index in [9.17, 15) is 13.6 Å². The summed E-state index contributed by atoms with van der Waals surface area (Å²) >= 11 is 0.998. The largest absolute Gasteiger partial charge is 0.389 e. The molecule has 3 aromatic rings. The number of halogens is 2. The van der Waals surface area contributed by atoms with Crippen LogP contribution >= 0.6 is 11.3 Å². The van der Waals surface area contributed by atoms with Crippen LogP contribution in [0, 0.1) is 5.82 Å². The Hall–Kier alpha value is -2.96. The van der Waals surface area contributed by atoms with Gasteiger partial charge < -0.3 is 21.5 Å². The van der Waals surface area contributed by atoms with Crippen LogP contribution in [0.1, 0.15) is 35.1 Å². The maximum atomic E-state index is 14.0. The van der Waals surface area contributed by atoms with Gasteiger partial charge in [0.1, 0.15) is 22.3 Å². The fourth-order valence-corrected chi connectivity index (χ4v) is 4.28. The molecule has 0 aromatic carbocycles. The maximum Gasteiger partial charge on any atom is 0.277 e. The number of anilines is 2. The topological polar surface area (TPSA) is 134 Å². The normalized spacial score (nSPS) is 21.6. The van der Waals surface area contributed by atoms with Gasteiger partial charge in [-0.05, 0) is 18.9 Å². The molecule has 3 aromatic heterocycles. The molecule has 4 heterocycles. The number of aryl methyl sites for hydroxylation is 1. The van der Waals surface area contributed by atoms with E-state index in [2.05, 4.69) is 20.4 Å². The van der Waals surface area contributed by atoms with E-state index in [-0.39, 0.29) is 27.9 Å². The molecule has 4 rings (SSSR count). The van der Waals surface area contributed by atoms with Crippen molar-refractivity contribution in [1.29, 1.82) is 0 Å². The van der Waals surface area contributed by atoms with E-state index in [0.29, 0.717) is 24.2 Å². The fourth-order valence-electron chi connectivity index (χ4n) is 3.42. The van der Waals surface area contributed by atoms with Crippen molar-refractivity contribution in [3.63, 3.8) is 0 Å². The summed E-state index contributed by atoms with van der Waals surface area (Å²) in [7, 11) is 1.70. The zero-order chi connectivity index (χ0) is 22.1. The summed E-state index contributed by atoms with van der Waals surface area (Å²) < 4.78 is 35.2. The third-order valence-corrected chi connectivity index (χ3v) is 6.01. The number of thiazole rings is 1. The number of hydrogen-bond donors (Lipinski definition) is 3. The Balaban J connectivity index is 1.57. The number of alkyl halides is 1. The quantitative estimate of drug-likeness (QED) is 0.557. The minimum Gasteiger partial charge on any atom is -0.389 e. The second-order valence-corrected chi connectivity index (χ2v) is 8.22. The predicted octanol–water partition coefficient (Wildman–Crippen LogP) is 2.43. The van der Waals surface area contributed by atoms with Crippen LogP contribution < -0.4 is 16.8 Å². The highest BCUT2D eigenvalue weighted by Gasteiger charge is 2.30. The molecule has 1 aliphatic rings. The van der Waals surface area contributed by atoms with E-state index in [1.54, 1.807) is 11.7 Å². The Kier molecular flexibility index (Phi) is 5.94. The molecule has 31 heavy (non-hydrogen) atoms. The van der Waals surface area contributed by atoms with Crippen LogP contribution in [0.2, 0.25) is 0 Å². The number of nitrogen functional groups attached to an aromatic ring is 1. The van der Waals surface area contributed by atoms with Gasteiger partial charge in [0.25, 0.3) is 5.91 Å². The standard InChI is InChI=1S/C19H21F2N7O2S/c1-28-16(14-3-2-12(22)11(21)8-30-14)13(7-25-28)26-18(29)15-17(23)31-19(27-15)9-4-5-24-6-10(9)20/h4-7,11-12,14H,2-3,8,22-23H2,1H3,(H,26,29). The van der Waals surface area contributed by atoms with Gasteiger partial charge in [-0.15, -0.1) is 0 Å². The van der Waals surface area contributed by atoms with Crippen molar-refractivity contribution in [3.8, 4) is 10.6 Å². The molecule has 3 unspecified atom stereocenters. The Labute approximate surface area is 180 Å². The fraction of sp³-hybridized carbons (Fsp3) is 0.368. The number of aromatic nitrogens is 4. The first-order valence-corrected chi connectivity index (χ1v) is 10.4. The SMILES string of the molecule is Cn1ncc(NC(=O)c2nc(-c3ccncc3F)sc2N)c1C1CCC(N)C(F)CO1. The van der Waals surface area contributed by atoms with E-state index in [4.69, 9.17) is 16.2 Å². The average Bonchev–Trinajstić information content (AvgIpc) is 3.25. The number of amides is 1. The molecule has 3 atom stereocenters. The van der Waals surface area contributed by atoms with Crippen LogP contribution in [0.5, 0.6) is 0 Å². The molecule has 0 saturated carbocycles. The van der Waals surface area contributed by atoms with Gasteiger partial charge in [-0.1, -0.05) is 11.3 Å². The number of hydrogen-bond acceptors (Lipinski definition) is 8. The van der Waals surface area contributed by atoms with Gasteiger partial charge in [0.2, 0.25) is 0 Å². The van der Waals surface area contributed by atoms with Crippen molar-refractivity contribution >= 4 is 27.9 Å². The van der Waals surface area contributed by atoms with E-state index < -0.39 is 30.0 Å². The Bertz CT molecular complexity index is 1090. The molecule has 1 saturated heterocycles. The summed E-state index contributed by atoms with van der Waals surface area (Å²) in [4.78, 5) is 20.8. The zero-order valence-electron chi connectivity index (χ0n) is 16.6. The summed E-state index contributed by atoms with van der Waals surface area (Å²) in [5.41, 5.74) is 12.9. The number of nitrogens with one attached hydrogen (secondary N) is 1. The minimum atomic E-state index is -1.25. The van der Waals surface area contributed by atoms with Gasteiger partial charge >= 0.3 is 0 Å². The number of carbonyl (C=O) groups is 1.